The fraction of sp³-hybridized carbons (Fsp3) is 0.467. The molecule has 0 bridgehead atoms. The van der Waals surface area contributed by atoms with Gasteiger partial charge >= 0.3 is 12.0 Å². The molecule has 1 aliphatic carbocycles. The van der Waals surface area contributed by atoms with Crippen molar-refractivity contribution < 1.29 is 14.7 Å². The molecule has 5 nitrogen and oxygen atoms in total. The minimum absolute atomic E-state index is 0.203. The minimum atomic E-state index is -0.992. The molecule has 0 saturated heterocycles. The van der Waals surface area contributed by atoms with Gasteiger partial charge in [0.15, 0.2) is 0 Å². The summed E-state index contributed by atoms with van der Waals surface area (Å²) < 4.78 is 0. The lowest BCUT2D eigenvalue weighted by Crippen LogP contribution is -2.41. The van der Waals surface area contributed by atoms with Gasteiger partial charge in [0.25, 0.3) is 0 Å². The molecule has 0 radical (unpaired) electrons. The summed E-state index contributed by atoms with van der Waals surface area (Å²) in [7, 11) is 0. The zero-order chi connectivity index (χ0) is 14.8. The molecule has 0 heterocycles. The van der Waals surface area contributed by atoms with E-state index in [0.717, 1.165) is 12.8 Å². The smallest absolute Gasteiger partial charge is 0.336 e. The van der Waals surface area contributed by atoms with Gasteiger partial charge in [-0.2, -0.15) is 0 Å². The lowest BCUT2D eigenvalue weighted by molar-refractivity contribution is 0.0696. The number of anilines is 1. The molecule has 3 N–H and O–H groups in total. The highest BCUT2D eigenvalue weighted by Crippen LogP contribution is 2.39. The van der Waals surface area contributed by atoms with Crippen LogP contribution in [0, 0.1) is 12.3 Å². The van der Waals surface area contributed by atoms with E-state index in [2.05, 4.69) is 17.6 Å². The Kier molecular flexibility index (Phi) is 3.97. The van der Waals surface area contributed by atoms with Gasteiger partial charge in [0.2, 0.25) is 0 Å². The van der Waals surface area contributed by atoms with Crippen LogP contribution in [-0.4, -0.2) is 23.7 Å². The summed E-state index contributed by atoms with van der Waals surface area (Å²) in [4.78, 5) is 22.8. The molecule has 0 atom stereocenters. The Bertz CT molecular complexity index is 536. The van der Waals surface area contributed by atoms with E-state index in [1.54, 1.807) is 19.1 Å². The Morgan fingerprint density at radius 2 is 2.05 bits per heavy atom. The van der Waals surface area contributed by atoms with Gasteiger partial charge in [-0.05, 0) is 42.9 Å². The topological polar surface area (TPSA) is 78.4 Å². The Balaban J connectivity index is 1.94. The number of urea groups is 1. The Morgan fingerprint density at radius 1 is 1.35 bits per heavy atom. The SMILES string of the molecule is Cc1ccc(NC(=O)NCC2(C)CCC2)cc1C(=O)O. The molecule has 1 aromatic rings. The average molecular weight is 276 g/mol. The third kappa shape index (κ3) is 3.29. The molecular formula is C15H20N2O3. The molecule has 1 aromatic carbocycles. The summed E-state index contributed by atoms with van der Waals surface area (Å²) in [5, 5.41) is 14.6. The van der Waals surface area contributed by atoms with Crippen molar-refractivity contribution >= 4 is 17.7 Å². The first-order valence-corrected chi connectivity index (χ1v) is 6.78. The summed E-state index contributed by atoms with van der Waals surface area (Å²) in [5.41, 5.74) is 1.58. The van der Waals surface area contributed by atoms with Crippen molar-refractivity contribution in [1.82, 2.24) is 5.32 Å². The van der Waals surface area contributed by atoms with Gasteiger partial charge in [0, 0.05) is 12.2 Å². The second kappa shape index (κ2) is 5.53. The van der Waals surface area contributed by atoms with Crippen LogP contribution < -0.4 is 10.6 Å². The molecule has 108 valence electrons. The van der Waals surface area contributed by atoms with E-state index in [1.807, 2.05) is 0 Å². The van der Waals surface area contributed by atoms with Crippen LogP contribution in [0.2, 0.25) is 0 Å². The third-order valence-corrected chi connectivity index (χ3v) is 3.96. The number of hydrogen-bond acceptors (Lipinski definition) is 2. The van der Waals surface area contributed by atoms with Gasteiger partial charge in [0.05, 0.1) is 5.56 Å². The molecular weight excluding hydrogens is 256 g/mol. The van der Waals surface area contributed by atoms with Gasteiger partial charge in [-0.15, -0.1) is 0 Å². The van der Waals surface area contributed by atoms with Gasteiger partial charge in [-0.1, -0.05) is 19.4 Å². The van der Waals surface area contributed by atoms with Crippen LogP contribution in [-0.2, 0) is 0 Å². The van der Waals surface area contributed by atoms with Crippen molar-refractivity contribution in [3.05, 3.63) is 29.3 Å². The van der Waals surface area contributed by atoms with Crippen LogP contribution >= 0.6 is 0 Å². The number of rotatable bonds is 4. The molecule has 0 unspecified atom stereocenters. The first-order valence-electron chi connectivity index (χ1n) is 6.78. The maximum atomic E-state index is 11.8. The first kappa shape index (κ1) is 14.4. The lowest BCUT2D eigenvalue weighted by atomic mass is 9.70. The van der Waals surface area contributed by atoms with Gasteiger partial charge in [-0.3, -0.25) is 0 Å². The number of amides is 2. The highest BCUT2D eigenvalue weighted by atomic mass is 16.4. The standard InChI is InChI=1S/C15H20N2O3/c1-10-4-5-11(8-12(10)13(18)19)17-14(20)16-9-15(2)6-3-7-15/h4-5,8H,3,6-7,9H2,1-2H3,(H,18,19)(H2,16,17,20). The fourth-order valence-electron chi connectivity index (χ4n) is 2.36. The highest BCUT2D eigenvalue weighted by molar-refractivity contribution is 5.94. The molecule has 5 heteroatoms. The van der Waals surface area contributed by atoms with Crippen molar-refractivity contribution in [3.8, 4) is 0 Å². The number of carbonyl (C=O) groups is 2. The quantitative estimate of drug-likeness (QED) is 0.791. The van der Waals surface area contributed by atoms with Crippen LogP contribution in [0.25, 0.3) is 0 Å². The van der Waals surface area contributed by atoms with Crippen LogP contribution in [0.1, 0.15) is 42.1 Å². The zero-order valence-corrected chi connectivity index (χ0v) is 11.8. The average Bonchev–Trinajstić information content (AvgIpc) is 2.36. The highest BCUT2D eigenvalue weighted by Gasteiger charge is 2.31. The number of carboxylic acid groups (broad SMARTS) is 1. The summed E-state index contributed by atoms with van der Waals surface area (Å²) in [5.74, 6) is -0.992. The van der Waals surface area contributed by atoms with Crippen LogP contribution in [0.15, 0.2) is 18.2 Å². The number of carboxylic acids is 1. The van der Waals surface area contributed by atoms with Crippen molar-refractivity contribution in [1.29, 1.82) is 0 Å². The molecule has 0 aromatic heterocycles. The third-order valence-electron chi connectivity index (χ3n) is 3.96. The van der Waals surface area contributed by atoms with E-state index < -0.39 is 5.97 Å². The van der Waals surface area contributed by atoms with Crippen molar-refractivity contribution in [2.75, 3.05) is 11.9 Å². The van der Waals surface area contributed by atoms with Crippen molar-refractivity contribution in [2.45, 2.75) is 33.1 Å². The van der Waals surface area contributed by atoms with Gasteiger partial charge in [-0.25, -0.2) is 9.59 Å². The minimum Gasteiger partial charge on any atom is -0.478 e. The monoisotopic (exact) mass is 276 g/mol. The van der Waals surface area contributed by atoms with E-state index in [0.29, 0.717) is 17.8 Å². The van der Waals surface area contributed by atoms with Crippen molar-refractivity contribution in [2.24, 2.45) is 5.41 Å². The molecule has 1 saturated carbocycles. The maximum absolute atomic E-state index is 11.8. The molecule has 0 aliphatic heterocycles. The summed E-state index contributed by atoms with van der Waals surface area (Å²) in [6.45, 7) is 4.53. The van der Waals surface area contributed by atoms with Crippen LogP contribution in [0.4, 0.5) is 10.5 Å². The van der Waals surface area contributed by atoms with Crippen LogP contribution in [0.5, 0.6) is 0 Å². The maximum Gasteiger partial charge on any atom is 0.336 e. The van der Waals surface area contributed by atoms with Crippen LogP contribution in [0.3, 0.4) is 0 Å². The van der Waals surface area contributed by atoms with Gasteiger partial charge in [0.1, 0.15) is 0 Å². The molecule has 20 heavy (non-hydrogen) atoms. The Hall–Kier alpha value is -2.04. The predicted molar refractivity (Wildman–Crippen MR) is 77.1 cm³/mol. The number of hydrogen-bond donors (Lipinski definition) is 3. The number of carbonyl (C=O) groups excluding carboxylic acids is 1. The molecule has 2 amide bonds. The zero-order valence-electron chi connectivity index (χ0n) is 11.8. The normalized spacial score (nSPS) is 16.1. The Morgan fingerprint density at radius 3 is 2.60 bits per heavy atom. The Labute approximate surface area is 118 Å². The molecule has 1 fully saturated rings. The second-order valence-electron chi connectivity index (χ2n) is 5.81. The molecule has 2 rings (SSSR count). The summed E-state index contributed by atoms with van der Waals surface area (Å²) in [6, 6.07) is 4.57. The number of nitrogens with one attached hydrogen (secondary N) is 2. The lowest BCUT2D eigenvalue weighted by Gasteiger charge is -2.38. The molecule has 1 aliphatic rings. The van der Waals surface area contributed by atoms with E-state index in [-0.39, 0.29) is 17.0 Å². The number of aryl methyl sites for hydroxylation is 1. The largest absolute Gasteiger partial charge is 0.478 e. The molecule has 0 spiro atoms. The van der Waals surface area contributed by atoms with E-state index in [1.165, 1.54) is 12.5 Å². The van der Waals surface area contributed by atoms with Crippen molar-refractivity contribution in [3.63, 3.8) is 0 Å². The van der Waals surface area contributed by atoms with E-state index in [4.69, 9.17) is 5.11 Å². The second-order valence-corrected chi connectivity index (χ2v) is 5.81. The number of benzene rings is 1. The predicted octanol–water partition coefficient (Wildman–Crippen LogP) is 3.00. The summed E-state index contributed by atoms with van der Waals surface area (Å²) in [6.07, 6.45) is 3.50. The van der Waals surface area contributed by atoms with E-state index >= 15 is 0 Å². The summed E-state index contributed by atoms with van der Waals surface area (Å²) >= 11 is 0. The van der Waals surface area contributed by atoms with E-state index in [9.17, 15) is 9.59 Å². The number of aromatic carboxylic acids is 1. The first-order chi connectivity index (χ1) is 9.39. The fourth-order valence-corrected chi connectivity index (χ4v) is 2.36. The van der Waals surface area contributed by atoms with Gasteiger partial charge < -0.3 is 15.7 Å².